The molecule has 3 rings (SSSR count). The molecule has 5 heteroatoms. The van der Waals surface area contributed by atoms with Crippen molar-refractivity contribution < 1.29 is 14.7 Å². The number of nitrogens with zero attached hydrogens (tertiary/aromatic N) is 1. The van der Waals surface area contributed by atoms with Crippen LogP contribution in [0.5, 0.6) is 0 Å². The summed E-state index contributed by atoms with van der Waals surface area (Å²) < 4.78 is 0. The lowest BCUT2D eigenvalue weighted by Gasteiger charge is -2.34. The molecule has 2 heterocycles. The number of nitrogens with one attached hydrogen (secondary N) is 1. The van der Waals surface area contributed by atoms with E-state index in [1.54, 1.807) is 4.90 Å². The molecule has 2 N–H and O–H groups in total. The van der Waals surface area contributed by atoms with Gasteiger partial charge in [-0.2, -0.15) is 0 Å². The second-order valence-electron chi connectivity index (χ2n) is 6.92. The molecular formula is C16H26N2O3. The van der Waals surface area contributed by atoms with Gasteiger partial charge in [0.2, 0.25) is 5.91 Å². The molecule has 0 aromatic rings. The summed E-state index contributed by atoms with van der Waals surface area (Å²) in [5.41, 5.74) is 0. The van der Waals surface area contributed by atoms with Gasteiger partial charge in [0.15, 0.2) is 0 Å². The molecule has 118 valence electrons. The number of piperidine rings is 1. The third-order valence-electron chi connectivity index (χ3n) is 5.52. The number of carbonyl (C=O) groups excluding carboxylic acids is 1. The molecule has 1 aliphatic carbocycles. The van der Waals surface area contributed by atoms with Crippen molar-refractivity contribution in [3.63, 3.8) is 0 Å². The highest BCUT2D eigenvalue weighted by atomic mass is 16.4. The van der Waals surface area contributed by atoms with Gasteiger partial charge in [0.25, 0.3) is 0 Å². The minimum atomic E-state index is -0.820. The van der Waals surface area contributed by atoms with Crippen LogP contribution in [0.25, 0.3) is 0 Å². The molecule has 2 aliphatic heterocycles. The molecule has 21 heavy (non-hydrogen) atoms. The van der Waals surface area contributed by atoms with E-state index in [0.29, 0.717) is 24.7 Å². The van der Waals surface area contributed by atoms with Crippen LogP contribution < -0.4 is 5.32 Å². The van der Waals surface area contributed by atoms with Gasteiger partial charge in [-0.05, 0) is 57.0 Å². The van der Waals surface area contributed by atoms with Gasteiger partial charge in [0.1, 0.15) is 6.04 Å². The Hall–Kier alpha value is -1.10. The van der Waals surface area contributed by atoms with Crippen LogP contribution >= 0.6 is 0 Å². The number of carboxylic acids is 1. The Morgan fingerprint density at radius 3 is 2.67 bits per heavy atom. The summed E-state index contributed by atoms with van der Waals surface area (Å²) in [6.07, 6.45) is 7.76. The Balaban J connectivity index is 1.69. The van der Waals surface area contributed by atoms with E-state index < -0.39 is 12.0 Å². The third-order valence-corrected chi connectivity index (χ3v) is 5.52. The number of rotatable bonds is 3. The Bertz CT molecular complexity index is 406. The van der Waals surface area contributed by atoms with E-state index in [-0.39, 0.29) is 11.9 Å². The first kappa shape index (κ1) is 14.8. The van der Waals surface area contributed by atoms with E-state index >= 15 is 0 Å². The largest absolute Gasteiger partial charge is 0.480 e. The molecule has 0 aromatic carbocycles. The number of hydrogen-bond acceptors (Lipinski definition) is 3. The van der Waals surface area contributed by atoms with Gasteiger partial charge < -0.3 is 15.3 Å². The molecule has 1 saturated carbocycles. The van der Waals surface area contributed by atoms with E-state index in [9.17, 15) is 14.7 Å². The van der Waals surface area contributed by atoms with Crippen LogP contribution in [0.2, 0.25) is 0 Å². The van der Waals surface area contributed by atoms with Crippen molar-refractivity contribution in [1.29, 1.82) is 0 Å². The third kappa shape index (κ3) is 3.07. The number of carbonyl (C=O) groups is 2. The number of carboxylic acid groups (broad SMARTS) is 1. The van der Waals surface area contributed by atoms with Crippen LogP contribution in [-0.2, 0) is 9.59 Å². The zero-order valence-electron chi connectivity index (χ0n) is 12.6. The van der Waals surface area contributed by atoms with E-state index in [1.165, 1.54) is 6.42 Å². The molecule has 0 spiro atoms. The number of aliphatic carboxylic acids is 1. The highest BCUT2D eigenvalue weighted by Crippen LogP contribution is 2.40. The standard InChI is InChI=1S/C16H26N2O3/c19-15(8-11-4-3-7-17-10-11)18-13-6-2-1-5-12(13)9-14(18)16(20)21/h11-14,17H,1-10H2,(H,20,21). The molecule has 5 nitrogen and oxygen atoms in total. The molecule has 3 aliphatic rings. The highest BCUT2D eigenvalue weighted by Gasteiger charge is 2.47. The van der Waals surface area contributed by atoms with E-state index in [0.717, 1.165) is 45.2 Å². The van der Waals surface area contributed by atoms with Crippen molar-refractivity contribution in [2.75, 3.05) is 13.1 Å². The Morgan fingerprint density at radius 1 is 1.14 bits per heavy atom. The predicted molar refractivity (Wildman–Crippen MR) is 78.8 cm³/mol. The lowest BCUT2D eigenvalue weighted by atomic mass is 9.84. The first-order valence-electron chi connectivity index (χ1n) is 8.41. The highest BCUT2D eigenvalue weighted by molar-refractivity contribution is 5.85. The minimum absolute atomic E-state index is 0.0745. The summed E-state index contributed by atoms with van der Waals surface area (Å²) in [5, 5.41) is 12.8. The van der Waals surface area contributed by atoms with E-state index in [2.05, 4.69) is 5.32 Å². The van der Waals surface area contributed by atoms with Gasteiger partial charge in [-0.3, -0.25) is 4.79 Å². The Kier molecular flexibility index (Phi) is 4.48. The molecule has 4 unspecified atom stereocenters. The van der Waals surface area contributed by atoms with Crippen LogP contribution in [-0.4, -0.2) is 47.1 Å². The molecular weight excluding hydrogens is 268 g/mol. The fourth-order valence-electron chi connectivity index (χ4n) is 4.49. The van der Waals surface area contributed by atoms with Crippen LogP contribution in [0.3, 0.4) is 0 Å². The molecule has 0 radical (unpaired) electrons. The van der Waals surface area contributed by atoms with Gasteiger partial charge in [-0.1, -0.05) is 12.8 Å². The van der Waals surface area contributed by atoms with Crippen molar-refractivity contribution in [3.05, 3.63) is 0 Å². The van der Waals surface area contributed by atoms with E-state index in [1.807, 2.05) is 0 Å². The molecule has 2 saturated heterocycles. The maximum absolute atomic E-state index is 12.7. The van der Waals surface area contributed by atoms with Crippen LogP contribution in [0, 0.1) is 11.8 Å². The Labute approximate surface area is 126 Å². The van der Waals surface area contributed by atoms with Crippen LogP contribution in [0.1, 0.15) is 51.4 Å². The lowest BCUT2D eigenvalue weighted by Crippen LogP contribution is -2.47. The predicted octanol–water partition coefficient (Wildman–Crippen LogP) is 1.62. The molecule has 3 fully saturated rings. The molecule has 0 aromatic heterocycles. The van der Waals surface area contributed by atoms with Gasteiger partial charge >= 0.3 is 5.97 Å². The normalized spacial score (nSPS) is 36.3. The number of fused-ring (bicyclic) bond motifs is 1. The summed E-state index contributed by atoms with van der Waals surface area (Å²) in [4.78, 5) is 26.0. The summed E-state index contributed by atoms with van der Waals surface area (Å²) >= 11 is 0. The number of amides is 1. The zero-order valence-corrected chi connectivity index (χ0v) is 12.6. The smallest absolute Gasteiger partial charge is 0.326 e. The summed E-state index contributed by atoms with van der Waals surface area (Å²) in [5.74, 6) is 0.0432. The Morgan fingerprint density at radius 2 is 1.95 bits per heavy atom. The fourth-order valence-corrected chi connectivity index (χ4v) is 4.49. The SMILES string of the molecule is O=C(O)C1CC2CCCCC2N1C(=O)CC1CCCNC1. The fraction of sp³-hybridized carbons (Fsp3) is 0.875. The first-order chi connectivity index (χ1) is 10.2. The first-order valence-corrected chi connectivity index (χ1v) is 8.41. The van der Waals surface area contributed by atoms with Gasteiger partial charge in [0, 0.05) is 12.5 Å². The average molecular weight is 294 g/mol. The van der Waals surface area contributed by atoms with Gasteiger partial charge in [-0.25, -0.2) is 4.79 Å². The summed E-state index contributed by atoms with van der Waals surface area (Å²) in [6, 6.07) is -0.397. The molecule has 1 amide bonds. The maximum atomic E-state index is 12.7. The summed E-state index contributed by atoms with van der Waals surface area (Å²) in [6.45, 7) is 1.93. The topological polar surface area (TPSA) is 69.6 Å². The minimum Gasteiger partial charge on any atom is -0.480 e. The van der Waals surface area contributed by atoms with Crippen molar-refractivity contribution >= 4 is 11.9 Å². The average Bonchev–Trinajstić information content (AvgIpc) is 2.88. The van der Waals surface area contributed by atoms with E-state index in [4.69, 9.17) is 0 Å². The zero-order chi connectivity index (χ0) is 14.8. The lowest BCUT2D eigenvalue weighted by molar-refractivity contribution is -0.150. The van der Waals surface area contributed by atoms with Crippen LogP contribution in [0.15, 0.2) is 0 Å². The van der Waals surface area contributed by atoms with Crippen molar-refractivity contribution in [3.8, 4) is 0 Å². The maximum Gasteiger partial charge on any atom is 0.326 e. The van der Waals surface area contributed by atoms with Crippen molar-refractivity contribution in [2.45, 2.75) is 63.5 Å². The quantitative estimate of drug-likeness (QED) is 0.830. The second kappa shape index (κ2) is 6.34. The molecule has 0 bridgehead atoms. The number of likely N-dealkylation sites (tertiary alicyclic amines) is 1. The number of hydrogen-bond donors (Lipinski definition) is 2. The van der Waals surface area contributed by atoms with Crippen molar-refractivity contribution in [1.82, 2.24) is 10.2 Å². The van der Waals surface area contributed by atoms with Gasteiger partial charge in [0.05, 0.1) is 0 Å². The summed E-state index contributed by atoms with van der Waals surface area (Å²) in [7, 11) is 0. The van der Waals surface area contributed by atoms with Gasteiger partial charge in [-0.15, -0.1) is 0 Å². The molecule has 4 atom stereocenters. The monoisotopic (exact) mass is 294 g/mol. The van der Waals surface area contributed by atoms with Crippen molar-refractivity contribution in [2.24, 2.45) is 11.8 Å². The second-order valence-corrected chi connectivity index (χ2v) is 6.92. The van der Waals surface area contributed by atoms with Crippen LogP contribution in [0.4, 0.5) is 0 Å².